The average molecular weight is 311 g/mol. The van der Waals surface area contributed by atoms with Gasteiger partial charge in [0.2, 0.25) is 0 Å². The molecule has 21 heavy (non-hydrogen) atoms. The third-order valence-electron chi connectivity index (χ3n) is 3.77. The number of carbonyl (C=O) groups excluding carboxylic acids is 2. The van der Waals surface area contributed by atoms with Crippen LogP contribution in [-0.2, 0) is 16.1 Å². The maximum Gasteiger partial charge on any atom is 0.317 e. The number of urea groups is 1. The summed E-state index contributed by atoms with van der Waals surface area (Å²) in [6, 6.07) is 7.16. The predicted molar refractivity (Wildman–Crippen MR) is 80.0 cm³/mol. The van der Waals surface area contributed by atoms with Crippen molar-refractivity contribution >= 4 is 23.6 Å². The van der Waals surface area contributed by atoms with E-state index in [4.69, 9.17) is 16.3 Å². The molecule has 0 spiro atoms. The first kappa shape index (κ1) is 15.6. The molecule has 1 saturated heterocycles. The van der Waals surface area contributed by atoms with Crippen LogP contribution < -0.4 is 5.32 Å². The summed E-state index contributed by atoms with van der Waals surface area (Å²) >= 11 is 5.90. The van der Waals surface area contributed by atoms with Gasteiger partial charge in [-0.1, -0.05) is 23.7 Å². The number of methoxy groups -OCH3 is 1. The zero-order chi connectivity index (χ0) is 15.5. The molecule has 1 aromatic rings. The second kappa shape index (κ2) is 6.35. The van der Waals surface area contributed by atoms with Gasteiger partial charge in [-0.2, -0.15) is 0 Å². The Kier molecular flexibility index (Phi) is 4.73. The lowest BCUT2D eigenvalue weighted by molar-refractivity contribution is -0.150. The first-order valence-electron chi connectivity index (χ1n) is 6.80. The van der Waals surface area contributed by atoms with Crippen LogP contribution in [0.15, 0.2) is 24.3 Å². The summed E-state index contributed by atoms with van der Waals surface area (Å²) in [6.45, 7) is 3.15. The Morgan fingerprint density at radius 3 is 2.90 bits per heavy atom. The van der Waals surface area contributed by atoms with Crippen LogP contribution in [0, 0.1) is 5.41 Å². The topological polar surface area (TPSA) is 58.6 Å². The number of carbonyl (C=O) groups is 2. The van der Waals surface area contributed by atoms with E-state index in [9.17, 15) is 9.59 Å². The van der Waals surface area contributed by atoms with E-state index in [0.717, 1.165) is 5.56 Å². The van der Waals surface area contributed by atoms with Crippen molar-refractivity contribution in [3.63, 3.8) is 0 Å². The van der Waals surface area contributed by atoms with Gasteiger partial charge in [0, 0.05) is 24.7 Å². The van der Waals surface area contributed by atoms with Gasteiger partial charge < -0.3 is 15.0 Å². The van der Waals surface area contributed by atoms with Gasteiger partial charge in [0.05, 0.1) is 12.5 Å². The second-order valence-electron chi connectivity index (χ2n) is 5.51. The molecule has 1 heterocycles. The number of nitrogens with zero attached hydrogens (tertiary/aromatic N) is 1. The largest absolute Gasteiger partial charge is 0.469 e. The third-order valence-corrected chi connectivity index (χ3v) is 4.01. The molecule has 114 valence electrons. The van der Waals surface area contributed by atoms with Crippen LogP contribution in [0.2, 0.25) is 5.02 Å². The van der Waals surface area contributed by atoms with E-state index in [1.807, 2.05) is 25.1 Å². The Labute approximate surface area is 129 Å². The number of amides is 2. The molecule has 0 bridgehead atoms. The number of halogens is 1. The molecule has 0 unspecified atom stereocenters. The Bertz CT molecular complexity index is 549. The van der Waals surface area contributed by atoms with Gasteiger partial charge in [0.15, 0.2) is 0 Å². The average Bonchev–Trinajstić information content (AvgIpc) is 2.88. The van der Waals surface area contributed by atoms with Crippen LogP contribution >= 0.6 is 11.6 Å². The molecule has 1 fully saturated rings. The summed E-state index contributed by atoms with van der Waals surface area (Å²) in [5, 5.41) is 3.48. The van der Waals surface area contributed by atoms with Crippen molar-refractivity contribution < 1.29 is 14.3 Å². The van der Waals surface area contributed by atoms with Crippen molar-refractivity contribution in [2.24, 2.45) is 5.41 Å². The summed E-state index contributed by atoms with van der Waals surface area (Å²) in [4.78, 5) is 25.5. The van der Waals surface area contributed by atoms with Crippen molar-refractivity contribution in [2.75, 3.05) is 20.2 Å². The Balaban J connectivity index is 1.89. The Morgan fingerprint density at radius 2 is 2.24 bits per heavy atom. The van der Waals surface area contributed by atoms with E-state index in [1.54, 1.807) is 11.0 Å². The van der Waals surface area contributed by atoms with Crippen molar-refractivity contribution in [3.8, 4) is 0 Å². The SMILES string of the molecule is COC(=O)[C@]1(C)CCN(C(=O)NCc2cccc(Cl)c2)C1. The van der Waals surface area contributed by atoms with Crippen LogP contribution in [0.25, 0.3) is 0 Å². The molecule has 1 N–H and O–H groups in total. The molecule has 1 aliphatic heterocycles. The summed E-state index contributed by atoms with van der Waals surface area (Å²) in [6.07, 6.45) is 0.615. The van der Waals surface area contributed by atoms with Crippen LogP contribution in [0.1, 0.15) is 18.9 Å². The fourth-order valence-electron chi connectivity index (χ4n) is 2.48. The van der Waals surface area contributed by atoms with Crippen LogP contribution in [0.5, 0.6) is 0 Å². The minimum Gasteiger partial charge on any atom is -0.469 e. The molecule has 1 atom stereocenters. The van der Waals surface area contributed by atoms with Crippen molar-refractivity contribution in [3.05, 3.63) is 34.9 Å². The first-order chi connectivity index (χ1) is 9.94. The smallest absolute Gasteiger partial charge is 0.317 e. The molecular formula is C15H19ClN2O3. The van der Waals surface area contributed by atoms with E-state index in [-0.39, 0.29) is 12.0 Å². The number of benzene rings is 1. The number of rotatable bonds is 3. The highest BCUT2D eigenvalue weighted by Gasteiger charge is 2.42. The molecule has 5 nitrogen and oxygen atoms in total. The summed E-state index contributed by atoms with van der Waals surface area (Å²) in [7, 11) is 1.37. The molecule has 1 aromatic carbocycles. The van der Waals surface area contributed by atoms with Gasteiger partial charge in [0.1, 0.15) is 0 Å². The number of hydrogen-bond donors (Lipinski definition) is 1. The van der Waals surface area contributed by atoms with E-state index < -0.39 is 5.41 Å². The minimum atomic E-state index is -0.609. The van der Waals surface area contributed by atoms with Crippen LogP contribution in [0.4, 0.5) is 4.79 Å². The lowest BCUT2D eigenvalue weighted by Crippen LogP contribution is -2.40. The molecule has 0 radical (unpaired) electrons. The van der Waals surface area contributed by atoms with Gasteiger partial charge in [-0.25, -0.2) is 4.79 Å². The monoisotopic (exact) mass is 310 g/mol. The predicted octanol–water partition coefficient (Wildman–Crippen LogP) is 2.43. The van der Waals surface area contributed by atoms with Gasteiger partial charge in [-0.05, 0) is 31.0 Å². The van der Waals surface area contributed by atoms with Crippen LogP contribution in [-0.4, -0.2) is 37.1 Å². The summed E-state index contributed by atoms with van der Waals surface area (Å²) < 4.78 is 4.80. The number of nitrogens with one attached hydrogen (secondary N) is 1. The van der Waals surface area contributed by atoms with Gasteiger partial charge in [0.25, 0.3) is 0 Å². The lowest BCUT2D eigenvalue weighted by atomic mass is 9.90. The molecular weight excluding hydrogens is 292 g/mol. The lowest BCUT2D eigenvalue weighted by Gasteiger charge is -2.22. The zero-order valence-electron chi connectivity index (χ0n) is 12.2. The second-order valence-corrected chi connectivity index (χ2v) is 5.95. The molecule has 1 aliphatic rings. The number of esters is 1. The zero-order valence-corrected chi connectivity index (χ0v) is 12.9. The first-order valence-corrected chi connectivity index (χ1v) is 7.18. The molecule has 6 heteroatoms. The Morgan fingerprint density at radius 1 is 1.48 bits per heavy atom. The summed E-state index contributed by atoms with van der Waals surface area (Å²) in [5.74, 6) is -0.271. The summed E-state index contributed by atoms with van der Waals surface area (Å²) in [5.41, 5.74) is 0.327. The van der Waals surface area contributed by atoms with Gasteiger partial charge >= 0.3 is 12.0 Å². The molecule has 0 aliphatic carbocycles. The highest BCUT2D eigenvalue weighted by molar-refractivity contribution is 6.30. The van der Waals surface area contributed by atoms with Crippen molar-refractivity contribution in [1.29, 1.82) is 0 Å². The van der Waals surface area contributed by atoms with Crippen molar-refractivity contribution in [1.82, 2.24) is 10.2 Å². The highest BCUT2D eigenvalue weighted by atomic mass is 35.5. The van der Waals surface area contributed by atoms with E-state index in [0.29, 0.717) is 31.1 Å². The third kappa shape index (κ3) is 3.67. The van der Waals surface area contributed by atoms with E-state index in [2.05, 4.69) is 5.32 Å². The maximum absolute atomic E-state index is 12.1. The fourth-order valence-corrected chi connectivity index (χ4v) is 2.70. The molecule has 0 aromatic heterocycles. The van der Waals surface area contributed by atoms with Gasteiger partial charge in [-0.15, -0.1) is 0 Å². The highest BCUT2D eigenvalue weighted by Crippen LogP contribution is 2.31. The maximum atomic E-state index is 12.1. The van der Waals surface area contributed by atoms with E-state index >= 15 is 0 Å². The van der Waals surface area contributed by atoms with Gasteiger partial charge in [-0.3, -0.25) is 4.79 Å². The van der Waals surface area contributed by atoms with E-state index in [1.165, 1.54) is 7.11 Å². The standard InChI is InChI=1S/C15H19ClN2O3/c1-15(13(19)21-2)6-7-18(10-15)14(20)17-9-11-4-3-5-12(16)8-11/h3-5,8H,6-7,9-10H2,1-2H3,(H,17,20)/t15-/m1/s1. The van der Waals surface area contributed by atoms with Crippen LogP contribution in [0.3, 0.4) is 0 Å². The molecule has 2 amide bonds. The molecule has 2 rings (SSSR count). The minimum absolute atomic E-state index is 0.178. The fraction of sp³-hybridized carbons (Fsp3) is 0.467. The number of likely N-dealkylation sites (tertiary alicyclic amines) is 1. The molecule has 0 saturated carbocycles. The number of hydrogen-bond acceptors (Lipinski definition) is 3. The normalized spacial score (nSPS) is 21.2. The quantitative estimate of drug-likeness (QED) is 0.872. The number of ether oxygens (including phenoxy) is 1. The Hall–Kier alpha value is -1.75. The van der Waals surface area contributed by atoms with Crippen molar-refractivity contribution in [2.45, 2.75) is 19.9 Å².